The van der Waals surface area contributed by atoms with Crippen LogP contribution in [-0.4, -0.2) is 48.5 Å². The normalized spacial score (nSPS) is 21.2. The van der Waals surface area contributed by atoms with Gasteiger partial charge in [-0.3, -0.25) is 0 Å². The molecular formula is C10H19F3N2O. The van der Waals surface area contributed by atoms with Crippen LogP contribution < -0.4 is 5.73 Å². The highest BCUT2D eigenvalue weighted by Crippen LogP contribution is 2.38. The third-order valence-electron chi connectivity index (χ3n) is 3.03. The fourth-order valence-electron chi connectivity index (χ4n) is 1.87. The molecule has 1 fully saturated rings. The van der Waals surface area contributed by atoms with E-state index in [4.69, 9.17) is 5.73 Å². The number of nitrogens with zero attached hydrogens (tertiary/aromatic N) is 1. The molecule has 3 nitrogen and oxygen atoms in total. The fraction of sp³-hybridized carbons (Fsp3) is 1.00. The summed E-state index contributed by atoms with van der Waals surface area (Å²) in [6, 6.07) is 0. The van der Waals surface area contributed by atoms with Crippen molar-refractivity contribution in [3.63, 3.8) is 0 Å². The summed E-state index contributed by atoms with van der Waals surface area (Å²) in [5.41, 5.74) is 5.23. The van der Waals surface area contributed by atoms with Crippen LogP contribution in [0.1, 0.15) is 19.3 Å². The van der Waals surface area contributed by atoms with Gasteiger partial charge in [0.1, 0.15) is 0 Å². The third kappa shape index (κ3) is 4.27. The van der Waals surface area contributed by atoms with Gasteiger partial charge in [-0.25, -0.2) is 0 Å². The topological polar surface area (TPSA) is 49.5 Å². The highest BCUT2D eigenvalue weighted by molar-refractivity contribution is 5.00. The van der Waals surface area contributed by atoms with Gasteiger partial charge in [0.15, 0.2) is 0 Å². The largest absolute Gasteiger partial charge is 0.394 e. The van der Waals surface area contributed by atoms with Crippen LogP contribution in [0.2, 0.25) is 0 Å². The van der Waals surface area contributed by atoms with Crippen LogP contribution in [0.25, 0.3) is 0 Å². The first-order valence-electron chi connectivity index (χ1n) is 5.42. The molecule has 0 bridgehead atoms. The van der Waals surface area contributed by atoms with Crippen LogP contribution in [0, 0.1) is 5.92 Å². The molecule has 3 N–H and O–H groups in total. The van der Waals surface area contributed by atoms with E-state index in [0.717, 1.165) is 12.8 Å². The van der Waals surface area contributed by atoms with Gasteiger partial charge >= 0.3 is 6.18 Å². The van der Waals surface area contributed by atoms with Crippen molar-refractivity contribution in [2.75, 3.05) is 26.7 Å². The molecule has 0 radical (unpaired) electrons. The number of alkyl halides is 3. The van der Waals surface area contributed by atoms with E-state index in [1.165, 1.54) is 0 Å². The minimum Gasteiger partial charge on any atom is -0.394 e. The van der Waals surface area contributed by atoms with E-state index in [9.17, 15) is 18.3 Å². The molecule has 0 aromatic carbocycles. The summed E-state index contributed by atoms with van der Waals surface area (Å²) in [6.07, 6.45) is -3.05. The predicted octanol–water partition coefficient (Wildman–Crippen LogP) is 0.970. The lowest BCUT2D eigenvalue weighted by Gasteiger charge is -2.32. The van der Waals surface area contributed by atoms with E-state index in [2.05, 4.69) is 0 Å². The molecule has 1 rings (SSSR count). The Morgan fingerprint density at radius 3 is 2.31 bits per heavy atom. The van der Waals surface area contributed by atoms with Crippen LogP contribution >= 0.6 is 0 Å². The van der Waals surface area contributed by atoms with Gasteiger partial charge in [0.25, 0.3) is 0 Å². The molecule has 1 unspecified atom stereocenters. The van der Waals surface area contributed by atoms with Crippen LogP contribution in [0.3, 0.4) is 0 Å². The van der Waals surface area contributed by atoms with Crippen LogP contribution in [0.4, 0.5) is 13.2 Å². The average molecular weight is 240 g/mol. The molecule has 0 amide bonds. The lowest BCUT2D eigenvalue weighted by atomic mass is 9.95. The zero-order valence-corrected chi connectivity index (χ0v) is 9.43. The van der Waals surface area contributed by atoms with Crippen molar-refractivity contribution in [2.24, 2.45) is 11.7 Å². The predicted molar refractivity (Wildman–Crippen MR) is 54.9 cm³/mol. The number of aliphatic hydroxyl groups excluding tert-OH is 1. The van der Waals surface area contributed by atoms with Crippen molar-refractivity contribution in [1.29, 1.82) is 0 Å². The molecule has 0 aromatic rings. The van der Waals surface area contributed by atoms with Crippen molar-refractivity contribution in [2.45, 2.75) is 31.0 Å². The van der Waals surface area contributed by atoms with E-state index in [1.54, 1.807) is 11.9 Å². The van der Waals surface area contributed by atoms with Gasteiger partial charge in [-0.05, 0) is 25.8 Å². The lowest BCUT2D eigenvalue weighted by molar-refractivity contribution is -0.137. The van der Waals surface area contributed by atoms with Crippen LogP contribution in [-0.2, 0) is 0 Å². The Bertz CT molecular complexity index is 231. The Labute approximate surface area is 93.4 Å². The Balaban J connectivity index is 2.34. The smallest absolute Gasteiger partial charge is 0.390 e. The van der Waals surface area contributed by atoms with Gasteiger partial charge in [0.05, 0.1) is 18.6 Å². The van der Waals surface area contributed by atoms with E-state index >= 15 is 0 Å². The van der Waals surface area contributed by atoms with E-state index < -0.39 is 18.1 Å². The lowest BCUT2D eigenvalue weighted by Crippen LogP contribution is -2.54. The first kappa shape index (κ1) is 13.7. The molecule has 0 aromatic heterocycles. The molecule has 1 aliphatic rings. The number of aliphatic hydroxyl groups is 1. The number of hydrogen-bond donors (Lipinski definition) is 2. The summed E-state index contributed by atoms with van der Waals surface area (Å²) in [7, 11) is 1.60. The molecule has 1 aliphatic carbocycles. The second kappa shape index (κ2) is 4.89. The minimum atomic E-state index is -4.13. The molecule has 16 heavy (non-hydrogen) atoms. The maximum atomic E-state index is 12.0. The maximum Gasteiger partial charge on any atom is 0.390 e. The molecule has 0 heterocycles. The molecule has 96 valence electrons. The van der Waals surface area contributed by atoms with Gasteiger partial charge in [-0.1, -0.05) is 0 Å². The van der Waals surface area contributed by atoms with Gasteiger partial charge in [0.2, 0.25) is 0 Å². The van der Waals surface area contributed by atoms with Crippen molar-refractivity contribution >= 4 is 0 Å². The standard InChI is InChI=1S/C10H19F3N2O/c1-15(5-4-10(11,12)13)6-9(14,7-16)8-2-3-8/h8,16H,2-7,14H2,1H3. The van der Waals surface area contributed by atoms with Crippen molar-refractivity contribution in [1.82, 2.24) is 4.90 Å². The van der Waals surface area contributed by atoms with Crippen molar-refractivity contribution in [3.05, 3.63) is 0 Å². The number of halogens is 3. The highest BCUT2D eigenvalue weighted by Gasteiger charge is 2.42. The van der Waals surface area contributed by atoms with Gasteiger partial charge in [0, 0.05) is 13.1 Å². The summed E-state index contributed by atoms with van der Waals surface area (Å²) in [6.45, 7) is 0.0629. The number of hydrogen-bond acceptors (Lipinski definition) is 3. The summed E-state index contributed by atoms with van der Waals surface area (Å²) in [5, 5.41) is 9.20. The summed E-state index contributed by atoms with van der Waals surface area (Å²) in [5.74, 6) is 0.255. The summed E-state index contributed by atoms with van der Waals surface area (Å²) in [4.78, 5) is 1.54. The Kier molecular flexibility index (Phi) is 4.20. The second-order valence-electron chi connectivity index (χ2n) is 4.77. The van der Waals surface area contributed by atoms with Gasteiger partial charge in [-0.15, -0.1) is 0 Å². The molecule has 0 aliphatic heterocycles. The number of rotatable bonds is 6. The third-order valence-corrected chi connectivity index (χ3v) is 3.03. The van der Waals surface area contributed by atoms with Gasteiger partial charge in [-0.2, -0.15) is 13.2 Å². The molecule has 0 spiro atoms. The molecule has 6 heteroatoms. The first-order valence-corrected chi connectivity index (χ1v) is 5.42. The van der Waals surface area contributed by atoms with E-state index in [1.807, 2.05) is 0 Å². The van der Waals surface area contributed by atoms with Gasteiger partial charge < -0.3 is 15.7 Å². The van der Waals surface area contributed by atoms with Crippen LogP contribution in [0.15, 0.2) is 0 Å². The quantitative estimate of drug-likeness (QED) is 0.727. The van der Waals surface area contributed by atoms with Crippen molar-refractivity contribution in [3.8, 4) is 0 Å². The molecule has 1 saturated carbocycles. The SMILES string of the molecule is CN(CCC(F)(F)F)CC(N)(CO)C1CC1. The maximum absolute atomic E-state index is 12.0. The fourth-order valence-corrected chi connectivity index (χ4v) is 1.87. The second-order valence-corrected chi connectivity index (χ2v) is 4.77. The molecule has 1 atom stereocenters. The van der Waals surface area contributed by atoms with Crippen molar-refractivity contribution < 1.29 is 18.3 Å². The van der Waals surface area contributed by atoms with Crippen LogP contribution in [0.5, 0.6) is 0 Å². The highest BCUT2D eigenvalue weighted by atomic mass is 19.4. The van der Waals surface area contributed by atoms with E-state index in [-0.39, 0.29) is 19.1 Å². The Hall–Kier alpha value is -0.330. The van der Waals surface area contributed by atoms with E-state index in [0.29, 0.717) is 6.54 Å². The minimum absolute atomic E-state index is 0.0742. The Morgan fingerprint density at radius 1 is 1.38 bits per heavy atom. The molecule has 0 saturated heterocycles. The zero-order valence-electron chi connectivity index (χ0n) is 9.43. The zero-order chi connectivity index (χ0) is 12.4. The Morgan fingerprint density at radius 2 is 1.94 bits per heavy atom. The monoisotopic (exact) mass is 240 g/mol. The summed E-state index contributed by atoms with van der Waals surface area (Å²) >= 11 is 0. The first-order chi connectivity index (χ1) is 7.27. The molecular weight excluding hydrogens is 221 g/mol. The average Bonchev–Trinajstić information content (AvgIpc) is 2.96. The number of nitrogens with two attached hydrogens (primary N) is 1. The number of likely N-dealkylation sites (N-methyl/N-ethyl adjacent to an activating group) is 1. The summed E-state index contributed by atoms with van der Waals surface area (Å²) < 4.78 is 36.0.